The van der Waals surface area contributed by atoms with Crippen LogP contribution in [-0.4, -0.2) is 15.9 Å². The second kappa shape index (κ2) is 6.23. The molecule has 2 N–H and O–H groups in total. The molecule has 2 aromatic carbocycles. The zero-order valence-electron chi connectivity index (χ0n) is 13.1. The average molecular weight is 344 g/mol. The second-order valence-electron chi connectivity index (χ2n) is 5.43. The zero-order chi connectivity index (χ0) is 18.1. The van der Waals surface area contributed by atoms with Gasteiger partial charge in [-0.05, 0) is 19.1 Å². The fourth-order valence-corrected chi connectivity index (χ4v) is 2.51. The molecule has 1 amide bonds. The van der Waals surface area contributed by atoms with Crippen LogP contribution in [0.1, 0.15) is 21.7 Å². The van der Waals surface area contributed by atoms with Crippen LogP contribution in [0, 0.1) is 22.9 Å². The third kappa shape index (κ3) is 3.01. The molecule has 0 aliphatic carbocycles. The van der Waals surface area contributed by atoms with E-state index in [0.717, 1.165) is 6.07 Å². The summed E-state index contributed by atoms with van der Waals surface area (Å²) in [6, 6.07) is 7.90. The number of nitrogens with zero attached hydrogens (tertiary/aromatic N) is 1. The first-order chi connectivity index (χ1) is 11.9. The molecule has 0 fully saturated rings. The molecule has 7 nitrogen and oxygen atoms in total. The molecule has 1 aromatic heterocycles. The van der Waals surface area contributed by atoms with Crippen LogP contribution in [-0.2, 0) is 6.54 Å². The third-order valence-corrected chi connectivity index (χ3v) is 3.84. The monoisotopic (exact) mass is 344 g/mol. The predicted octanol–water partition coefficient (Wildman–Crippen LogP) is 3.42. The van der Waals surface area contributed by atoms with E-state index < -0.39 is 16.6 Å². The van der Waals surface area contributed by atoms with Gasteiger partial charge in [0.1, 0.15) is 5.75 Å². The van der Waals surface area contributed by atoms with Crippen LogP contribution in [0.5, 0.6) is 5.75 Å². The molecule has 0 radical (unpaired) electrons. The van der Waals surface area contributed by atoms with Gasteiger partial charge < -0.3 is 14.8 Å². The normalized spacial score (nSPS) is 10.8. The summed E-state index contributed by atoms with van der Waals surface area (Å²) in [5.74, 6) is -1.42. The Bertz CT molecular complexity index is 996. The Labute approximate surface area is 140 Å². The van der Waals surface area contributed by atoms with E-state index in [1.807, 2.05) is 0 Å². The number of rotatable bonds is 4. The maximum atomic E-state index is 13.7. The molecule has 1 heterocycles. The highest BCUT2D eigenvalue weighted by Crippen LogP contribution is 2.27. The number of amides is 1. The SMILES string of the molecule is Cc1c(C(=O)NCc2cc([N+](=O)[O-])ccc2O)oc2c(F)cccc12. The van der Waals surface area contributed by atoms with Gasteiger partial charge in [0, 0.05) is 35.2 Å². The Morgan fingerprint density at radius 2 is 2.12 bits per heavy atom. The summed E-state index contributed by atoms with van der Waals surface area (Å²) in [5, 5.41) is 23.5. The first-order valence-corrected chi connectivity index (χ1v) is 7.30. The molecule has 25 heavy (non-hydrogen) atoms. The van der Waals surface area contributed by atoms with Gasteiger partial charge in [-0.15, -0.1) is 0 Å². The Morgan fingerprint density at radius 3 is 2.80 bits per heavy atom. The molecule has 0 saturated carbocycles. The highest BCUT2D eigenvalue weighted by molar-refractivity contribution is 5.99. The summed E-state index contributed by atoms with van der Waals surface area (Å²) in [7, 11) is 0. The number of phenols is 1. The zero-order valence-corrected chi connectivity index (χ0v) is 13.1. The number of nitro groups is 1. The van der Waals surface area contributed by atoms with E-state index in [-0.39, 0.29) is 34.9 Å². The van der Waals surface area contributed by atoms with Gasteiger partial charge >= 0.3 is 0 Å². The van der Waals surface area contributed by atoms with Crippen molar-refractivity contribution in [1.29, 1.82) is 0 Å². The second-order valence-corrected chi connectivity index (χ2v) is 5.43. The highest BCUT2D eigenvalue weighted by atomic mass is 19.1. The third-order valence-electron chi connectivity index (χ3n) is 3.84. The number of non-ortho nitro benzene ring substituents is 1. The Kier molecular flexibility index (Phi) is 4.10. The van der Waals surface area contributed by atoms with Crippen molar-refractivity contribution in [2.24, 2.45) is 0 Å². The molecular formula is C17H13FN2O5. The number of carbonyl (C=O) groups is 1. The van der Waals surface area contributed by atoms with Gasteiger partial charge in [-0.3, -0.25) is 14.9 Å². The van der Waals surface area contributed by atoms with Gasteiger partial charge in [0.15, 0.2) is 17.2 Å². The Balaban J connectivity index is 1.84. The van der Waals surface area contributed by atoms with E-state index in [1.54, 1.807) is 13.0 Å². The molecule has 0 unspecified atom stereocenters. The van der Waals surface area contributed by atoms with Gasteiger partial charge in [-0.1, -0.05) is 12.1 Å². The molecule has 128 valence electrons. The molecule has 0 spiro atoms. The Hall–Kier alpha value is -3.42. The molecule has 0 aliphatic rings. The fourth-order valence-electron chi connectivity index (χ4n) is 2.51. The van der Waals surface area contributed by atoms with Crippen LogP contribution >= 0.6 is 0 Å². The molecule has 0 aliphatic heterocycles. The van der Waals surface area contributed by atoms with Crippen LogP contribution in [0.25, 0.3) is 11.0 Å². The number of hydrogen-bond acceptors (Lipinski definition) is 5. The molecule has 3 aromatic rings. The number of carbonyl (C=O) groups excluding carboxylic acids is 1. The lowest BCUT2D eigenvalue weighted by molar-refractivity contribution is -0.384. The molecule has 0 bridgehead atoms. The maximum absolute atomic E-state index is 13.7. The van der Waals surface area contributed by atoms with Gasteiger partial charge in [-0.25, -0.2) is 4.39 Å². The van der Waals surface area contributed by atoms with E-state index in [4.69, 9.17) is 4.42 Å². The number of aromatic hydroxyl groups is 1. The lowest BCUT2D eigenvalue weighted by Crippen LogP contribution is -2.23. The van der Waals surface area contributed by atoms with Crippen LogP contribution < -0.4 is 5.32 Å². The standard InChI is InChI=1S/C17H13FN2O5/c1-9-12-3-2-4-13(18)16(12)25-15(9)17(22)19-8-10-7-11(20(23)24)5-6-14(10)21/h2-7,21H,8H2,1H3,(H,19,22). The number of para-hydroxylation sites is 1. The van der Waals surface area contributed by atoms with E-state index >= 15 is 0 Å². The minimum absolute atomic E-state index is 0.0108. The number of halogens is 1. The number of hydrogen-bond donors (Lipinski definition) is 2. The lowest BCUT2D eigenvalue weighted by Gasteiger charge is -2.06. The molecular weight excluding hydrogens is 331 g/mol. The quantitative estimate of drug-likeness (QED) is 0.557. The number of phenolic OH excluding ortho intramolecular Hbond substituents is 1. The van der Waals surface area contributed by atoms with Crippen molar-refractivity contribution in [2.75, 3.05) is 0 Å². The number of furan rings is 1. The van der Waals surface area contributed by atoms with Crippen molar-refractivity contribution in [3.8, 4) is 5.75 Å². The summed E-state index contributed by atoms with van der Waals surface area (Å²) in [5.41, 5.74) is 0.449. The molecule has 3 rings (SSSR count). The number of nitrogens with one attached hydrogen (secondary N) is 1. The summed E-state index contributed by atoms with van der Waals surface area (Å²) in [6.07, 6.45) is 0. The van der Waals surface area contributed by atoms with E-state index in [1.165, 1.54) is 24.3 Å². The number of nitro benzene ring substituents is 1. The number of aryl methyl sites for hydroxylation is 1. The molecule has 0 atom stereocenters. The maximum Gasteiger partial charge on any atom is 0.287 e. The minimum Gasteiger partial charge on any atom is -0.508 e. The average Bonchev–Trinajstić information content (AvgIpc) is 2.92. The summed E-state index contributed by atoms with van der Waals surface area (Å²) < 4.78 is 19.1. The Morgan fingerprint density at radius 1 is 1.36 bits per heavy atom. The fraction of sp³-hybridized carbons (Fsp3) is 0.118. The predicted molar refractivity (Wildman–Crippen MR) is 86.8 cm³/mol. The van der Waals surface area contributed by atoms with Gasteiger partial charge in [-0.2, -0.15) is 0 Å². The van der Waals surface area contributed by atoms with Crippen molar-refractivity contribution in [1.82, 2.24) is 5.32 Å². The van der Waals surface area contributed by atoms with Gasteiger partial charge in [0.25, 0.3) is 11.6 Å². The summed E-state index contributed by atoms with van der Waals surface area (Å²) in [6.45, 7) is 1.48. The first kappa shape index (κ1) is 16.4. The van der Waals surface area contributed by atoms with Gasteiger partial charge in [0.2, 0.25) is 0 Å². The number of fused-ring (bicyclic) bond motifs is 1. The van der Waals surface area contributed by atoms with Crippen LogP contribution in [0.2, 0.25) is 0 Å². The van der Waals surface area contributed by atoms with Crippen LogP contribution in [0.4, 0.5) is 10.1 Å². The lowest BCUT2D eigenvalue weighted by atomic mass is 10.1. The van der Waals surface area contributed by atoms with Crippen molar-refractivity contribution in [3.05, 3.63) is 69.2 Å². The largest absolute Gasteiger partial charge is 0.508 e. The molecule has 0 saturated heterocycles. The van der Waals surface area contributed by atoms with Crippen LogP contribution in [0.15, 0.2) is 40.8 Å². The number of benzene rings is 2. The van der Waals surface area contributed by atoms with E-state index in [2.05, 4.69) is 5.32 Å². The van der Waals surface area contributed by atoms with E-state index in [0.29, 0.717) is 10.9 Å². The summed E-state index contributed by atoms with van der Waals surface area (Å²) in [4.78, 5) is 22.5. The summed E-state index contributed by atoms with van der Waals surface area (Å²) >= 11 is 0. The van der Waals surface area contributed by atoms with Crippen molar-refractivity contribution < 1.29 is 23.6 Å². The van der Waals surface area contributed by atoms with Crippen molar-refractivity contribution >= 4 is 22.6 Å². The molecule has 8 heteroatoms. The first-order valence-electron chi connectivity index (χ1n) is 7.30. The minimum atomic E-state index is -0.612. The van der Waals surface area contributed by atoms with Crippen LogP contribution in [0.3, 0.4) is 0 Å². The van der Waals surface area contributed by atoms with Crippen molar-refractivity contribution in [3.63, 3.8) is 0 Å². The van der Waals surface area contributed by atoms with Gasteiger partial charge in [0.05, 0.1) is 4.92 Å². The topological polar surface area (TPSA) is 106 Å². The van der Waals surface area contributed by atoms with Crippen molar-refractivity contribution in [2.45, 2.75) is 13.5 Å². The smallest absolute Gasteiger partial charge is 0.287 e. The highest BCUT2D eigenvalue weighted by Gasteiger charge is 2.20. The van der Waals surface area contributed by atoms with E-state index in [9.17, 15) is 24.4 Å².